The van der Waals surface area contributed by atoms with Crippen molar-refractivity contribution in [1.82, 2.24) is 15.1 Å². The van der Waals surface area contributed by atoms with Gasteiger partial charge in [-0.25, -0.2) is 0 Å². The molecule has 1 unspecified atom stereocenters. The molecule has 2 aliphatic heterocycles. The molecule has 4 nitrogen and oxygen atoms in total. The molecule has 0 aromatic heterocycles. The molecule has 2 saturated heterocycles. The molecule has 0 aliphatic carbocycles. The smallest absolute Gasteiger partial charge is 0.226 e. The molecule has 2 rings (SSSR count). The maximum Gasteiger partial charge on any atom is 0.226 e. The second-order valence-corrected chi connectivity index (χ2v) is 5.76. The van der Waals surface area contributed by atoms with Gasteiger partial charge < -0.3 is 15.1 Å². The third-order valence-electron chi connectivity index (χ3n) is 4.29. The zero-order valence-corrected chi connectivity index (χ0v) is 11.8. The van der Waals surface area contributed by atoms with Gasteiger partial charge in [0.15, 0.2) is 0 Å². The summed E-state index contributed by atoms with van der Waals surface area (Å²) in [5.41, 5.74) is 0. The van der Waals surface area contributed by atoms with Crippen LogP contribution in [0.25, 0.3) is 0 Å². The highest BCUT2D eigenvalue weighted by Crippen LogP contribution is 2.21. The van der Waals surface area contributed by atoms with E-state index in [1.54, 1.807) is 0 Å². The molecule has 4 heteroatoms. The van der Waals surface area contributed by atoms with E-state index in [0.717, 1.165) is 58.4 Å². The van der Waals surface area contributed by atoms with Crippen LogP contribution in [0.5, 0.6) is 0 Å². The Morgan fingerprint density at radius 2 is 2.06 bits per heavy atom. The minimum Gasteiger partial charge on any atom is -0.338 e. The van der Waals surface area contributed by atoms with Gasteiger partial charge in [0.2, 0.25) is 5.91 Å². The van der Waals surface area contributed by atoms with Gasteiger partial charge in [-0.1, -0.05) is 6.92 Å². The summed E-state index contributed by atoms with van der Waals surface area (Å²) >= 11 is 0. The zero-order chi connectivity index (χ0) is 13.0. The van der Waals surface area contributed by atoms with Crippen LogP contribution in [0.3, 0.4) is 0 Å². The zero-order valence-electron chi connectivity index (χ0n) is 11.8. The molecule has 0 spiro atoms. The minimum atomic E-state index is 0.272. The Kier molecular flexibility index (Phi) is 5.01. The molecule has 0 aromatic carbocycles. The average molecular weight is 253 g/mol. The first-order valence-electron chi connectivity index (χ1n) is 7.42. The van der Waals surface area contributed by atoms with Gasteiger partial charge >= 0.3 is 0 Å². The van der Waals surface area contributed by atoms with Crippen molar-refractivity contribution in [2.75, 3.05) is 39.8 Å². The van der Waals surface area contributed by atoms with Crippen molar-refractivity contribution in [3.63, 3.8) is 0 Å². The molecule has 0 saturated carbocycles. The number of piperidine rings is 1. The van der Waals surface area contributed by atoms with Gasteiger partial charge in [0.25, 0.3) is 0 Å². The Balaban J connectivity index is 1.94. The standard InChI is InChI=1S/C14H27N3O/c1-3-8-17(13-4-7-15-11-13)14(18)12-5-9-16(2)10-6-12/h12-13,15H,3-11H2,1-2H3. The Hall–Kier alpha value is -0.610. The van der Waals surface area contributed by atoms with E-state index >= 15 is 0 Å². The Morgan fingerprint density at radius 3 is 2.61 bits per heavy atom. The summed E-state index contributed by atoms with van der Waals surface area (Å²) < 4.78 is 0. The van der Waals surface area contributed by atoms with E-state index < -0.39 is 0 Å². The molecule has 0 bridgehead atoms. The predicted molar refractivity (Wildman–Crippen MR) is 73.5 cm³/mol. The average Bonchev–Trinajstić information content (AvgIpc) is 2.90. The lowest BCUT2D eigenvalue weighted by Gasteiger charge is -2.35. The van der Waals surface area contributed by atoms with Crippen molar-refractivity contribution >= 4 is 5.91 Å². The number of amides is 1. The van der Waals surface area contributed by atoms with Gasteiger partial charge in [-0.05, 0) is 52.4 Å². The molecule has 0 radical (unpaired) electrons. The lowest BCUT2D eigenvalue weighted by Crippen LogP contribution is -2.47. The number of carbonyl (C=O) groups excluding carboxylic acids is 1. The second kappa shape index (κ2) is 6.53. The van der Waals surface area contributed by atoms with Gasteiger partial charge in [0, 0.05) is 25.0 Å². The largest absolute Gasteiger partial charge is 0.338 e. The number of rotatable bonds is 4. The van der Waals surface area contributed by atoms with Gasteiger partial charge in [-0.3, -0.25) is 4.79 Å². The highest BCUT2D eigenvalue weighted by molar-refractivity contribution is 5.79. The van der Waals surface area contributed by atoms with E-state index in [2.05, 4.69) is 29.1 Å². The molecule has 2 heterocycles. The number of carbonyl (C=O) groups is 1. The molecule has 18 heavy (non-hydrogen) atoms. The Morgan fingerprint density at radius 1 is 1.33 bits per heavy atom. The fraction of sp³-hybridized carbons (Fsp3) is 0.929. The van der Waals surface area contributed by atoms with Crippen molar-refractivity contribution < 1.29 is 4.79 Å². The van der Waals surface area contributed by atoms with Crippen molar-refractivity contribution in [2.45, 2.75) is 38.6 Å². The highest BCUT2D eigenvalue weighted by atomic mass is 16.2. The summed E-state index contributed by atoms with van der Waals surface area (Å²) in [5.74, 6) is 0.687. The van der Waals surface area contributed by atoms with Crippen molar-refractivity contribution in [3.8, 4) is 0 Å². The Labute approximate surface area is 111 Å². The molecule has 1 atom stereocenters. The Bertz CT molecular complexity index is 268. The molecule has 2 fully saturated rings. The van der Waals surface area contributed by atoms with E-state index in [1.807, 2.05) is 0 Å². The van der Waals surface area contributed by atoms with Crippen LogP contribution in [0, 0.1) is 5.92 Å². The highest BCUT2D eigenvalue weighted by Gasteiger charge is 2.32. The van der Waals surface area contributed by atoms with Crippen LogP contribution in [-0.4, -0.2) is 61.5 Å². The molecule has 1 amide bonds. The lowest BCUT2D eigenvalue weighted by molar-refractivity contribution is -0.139. The molecular weight excluding hydrogens is 226 g/mol. The minimum absolute atomic E-state index is 0.272. The lowest BCUT2D eigenvalue weighted by atomic mass is 9.94. The number of likely N-dealkylation sites (tertiary alicyclic amines) is 1. The molecule has 1 N–H and O–H groups in total. The molecule has 2 aliphatic rings. The predicted octanol–water partition coefficient (Wildman–Crippen LogP) is 0.929. The van der Waals surface area contributed by atoms with E-state index in [9.17, 15) is 4.79 Å². The maximum absolute atomic E-state index is 12.7. The fourth-order valence-corrected chi connectivity index (χ4v) is 3.11. The van der Waals surface area contributed by atoms with Crippen LogP contribution in [-0.2, 0) is 4.79 Å². The van der Waals surface area contributed by atoms with Crippen molar-refractivity contribution in [2.24, 2.45) is 5.92 Å². The van der Waals surface area contributed by atoms with Gasteiger partial charge in [0.05, 0.1) is 0 Å². The van der Waals surface area contributed by atoms with Crippen molar-refractivity contribution in [3.05, 3.63) is 0 Å². The van der Waals surface area contributed by atoms with Gasteiger partial charge in [-0.15, -0.1) is 0 Å². The number of nitrogens with zero attached hydrogens (tertiary/aromatic N) is 2. The van der Waals surface area contributed by atoms with Crippen molar-refractivity contribution in [1.29, 1.82) is 0 Å². The third kappa shape index (κ3) is 3.23. The monoisotopic (exact) mass is 253 g/mol. The first kappa shape index (κ1) is 13.8. The van der Waals surface area contributed by atoms with E-state index in [-0.39, 0.29) is 5.92 Å². The summed E-state index contributed by atoms with van der Waals surface area (Å²) in [7, 11) is 2.14. The van der Waals surface area contributed by atoms with Crippen LogP contribution in [0.2, 0.25) is 0 Å². The summed E-state index contributed by atoms with van der Waals surface area (Å²) in [6, 6.07) is 0.442. The summed E-state index contributed by atoms with van der Waals surface area (Å²) in [5, 5.41) is 3.37. The summed E-state index contributed by atoms with van der Waals surface area (Å²) in [4.78, 5) is 17.1. The first-order valence-corrected chi connectivity index (χ1v) is 7.42. The fourth-order valence-electron chi connectivity index (χ4n) is 3.11. The van der Waals surface area contributed by atoms with Gasteiger partial charge in [0.1, 0.15) is 0 Å². The molecule has 0 aromatic rings. The van der Waals surface area contributed by atoms with Crippen LogP contribution in [0.4, 0.5) is 0 Å². The van der Waals surface area contributed by atoms with E-state index in [1.165, 1.54) is 0 Å². The normalized spacial score (nSPS) is 26.4. The van der Waals surface area contributed by atoms with E-state index in [4.69, 9.17) is 0 Å². The van der Waals surface area contributed by atoms with Crippen LogP contribution in [0.1, 0.15) is 32.6 Å². The SMILES string of the molecule is CCCN(C(=O)C1CCN(C)CC1)C1CCNC1. The van der Waals surface area contributed by atoms with Crippen LogP contribution in [0.15, 0.2) is 0 Å². The quantitative estimate of drug-likeness (QED) is 0.809. The van der Waals surface area contributed by atoms with Gasteiger partial charge in [-0.2, -0.15) is 0 Å². The summed E-state index contributed by atoms with van der Waals surface area (Å²) in [6.45, 7) is 7.28. The number of hydrogen-bond donors (Lipinski definition) is 1. The molecule has 104 valence electrons. The first-order chi connectivity index (χ1) is 8.72. The van der Waals surface area contributed by atoms with Crippen LogP contribution < -0.4 is 5.32 Å². The number of nitrogens with one attached hydrogen (secondary N) is 1. The maximum atomic E-state index is 12.7. The molecular formula is C14H27N3O. The second-order valence-electron chi connectivity index (χ2n) is 5.76. The topological polar surface area (TPSA) is 35.6 Å². The van der Waals surface area contributed by atoms with Crippen LogP contribution >= 0.6 is 0 Å². The third-order valence-corrected chi connectivity index (χ3v) is 4.29. The summed E-state index contributed by atoms with van der Waals surface area (Å²) in [6.07, 6.45) is 4.26. The van der Waals surface area contributed by atoms with E-state index in [0.29, 0.717) is 11.9 Å². The number of hydrogen-bond acceptors (Lipinski definition) is 3.